The molecule has 1 aromatic carbocycles. The van der Waals surface area contributed by atoms with Crippen molar-refractivity contribution in [3.63, 3.8) is 0 Å². The minimum absolute atomic E-state index is 0.697. The van der Waals surface area contributed by atoms with Gasteiger partial charge in [-0.1, -0.05) is 29.0 Å². The van der Waals surface area contributed by atoms with Crippen LogP contribution in [0, 0.1) is 0 Å². The second-order valence-electron chi connectivity index (χ2n) is 2.85. The second kappa shape index (κ2) is 4.92. The molecule has 0 amide bonds. The van der Waals surface area contributed by atoms with Crippen LogP contribution in [0.25, 0.3) is 0 Å². The molecule has 1 aromatic heterocycles. The lowest BCUT2D eigenvalue weighted by molar-refractivity contribution is 1.05. The van der Waals surface area contributed by atoms with E-state index in [2.05, 4.69) is 31.4 Å². The zero-order valence-corrected chi connectivity index (χ0v) is 10.7. The van der Waals surface area contributed by atoms with E-state index in [1.54, 1.807) is 5.51 Å². The Morgan fingerprint density at radius 2 is 2.33 bits per heavy atom. The smallest absolute Gasteiger partial charge is 0.205 e. The van der Waals surface area contributed by atoms with E-state index < -0.39 is 0 Å². The van der Waals surface area contributed by atoms with Gasteiger partial charge >= 0.3 is 0 Å². The van der Waals surface area contributed by atoms with Gasteiger partial charge in [0, 0.05) is 11.0 Å². The standard InChI is InChI=1S/C9H7BrClN3S/c10-7-2-1-6(3-8(7)11)4-12-9-14-13-5-15-9/h1-3,5H,4H2,(H,12,14). The highest BCUT2D eigenvalue weighted by molar-refractivity contribution is 9.10. The third-order valence-corrected chi connectivity index (χ3v) is 3.67. The van der Waals surface area contributed by atoms with Gasteiger partial charge in [0.1, 0.15) is 5.51 Å². The number of nitrogens with zero attached hydrogens (tertiary/aromatic N) is 2. The Labute approximate surface area is 105 Å². The van der Waals surface area contributed by atoms with Gasteiger partial charge in [-0.2, -0.15) is 0 Å². The average molecular weight is 305 g/mol. The molecule has 2 rings (SSSR count). The molecule has 0 saturated heterocycles. The van der Waals surface area contributed by atoms with E-state index in [1.165, 1.54) is 11.3 Å². The van der Waals surface area contributed by atoms with Crippen LogP contribution in [0.3, 0.4) is 0 Å². The van der Waals surface area contributed by atoms with E-state index in [-0.39, 0.29) is 0 Å². The molecular formula is C9H7BrClN3S. The lowest BCUT2D eigenvalue weighted by atomic mass is 10.2. The van der Waals surface area contributed by atoms with Crippen molar-refractivity contribution in [3.8, 4) is 0 Å². The second-order valence-corrected chi connectivity index (χ2v) is 4.94. The Balaban J connectivity index is 2.02. The predicted molar refractivity (Wildman–Crippen MR) is 66.4 cm³/mol. The van der Waals surface area contributed by atoms with Crippen LogP contribution in [-0.4, -0.2) is 10.2 Å². The normalized spacial score (nSPS) is 10.3. The molecule has 0 aliphatic heterocycles. The third kappa shape index (κ3) is 2.90. The van der Waals surface area contributed by atoms with Gasteiger partial charge in [-0.3, -0.25) is 0 Å². The summed E-state index contributed by atoms with van der Waals surface area (Å²) in [4.78, 5) is 0. The minimum atomic E-state index is 0.697. The van der Waals surface area contributed by atoms with Crippen LogP contribution in [0.4, 0.5) is 5.13 Å². The highest BCUT2D eigenvalue weighted by Gasteiger charge is 2.00. The molecule has 0 fully saturated rings. The van der Waals surface area contributed by atoms with E-state index >= 15 is 0 Å². The molecule has 0 radical (unpaired) electrons. The predicted octanol–water partition coefficient (Wildman–Crippen LogP) is 3.57. The summed E-state index contributed by atoms with van der Waals surface area (Å²) in [6.45, 7) is 0.697. The summed E-state index contributed by atoms with van der Waals surface area (Å²) in [5.74, 6) is 0. The molecule has 78 valence electrons. The summed E-state index contributed by atoms with van der Waals surface area (Å²) in [5, 5.41) is 12.3. The topological polar surface area (TPSA) is 37.8 Å². The molecule has 1 heterocycles. The van der Waals surface area contributed by atoms with Crippen LogP contribution in [-0.2, 0) is 6.54 Å². The van der Waals surface area contributed by atoms with Crippen LogP contribution < -0.4 is 5.32 Å². The molecule has 15 heavy (non-hydrogen) atoms. The van der Waals surface area contributed by atoms with Crippen molar-refractivity contribution < 1.29 is 0 Å². The highest BCUT2D eigenvalue weighted by atomic mass is 79.9. The maximum atomic E-state index is 5.97. The van der Waals surface area contributed by atoms with Crippen molar-refractivity contribution in [2.24, 2.45) is 0 Å². The Bertz CT molecular complexity index is 447. The molecule has 0 saturated carbocycles. The molecule has 0 aliphatic rings. The van der Waals surface area contributed by atoms with E-state index in [0.29, 0.717) is 11.6 Å². The SMILES string of the molecule is Clc1cc(CNc2nncs2)ccc1Br. The fourth-order valence-corrected chi connectivity index (χ4v) is 1.97. The van der Waals surface area contributed by atoms with Gasteiger partial charge in [0.15, 0.2) is 0 Å². The molecule has 3 nitrogen and oxygen atoms in total. The Morgan fingerprint density at radius 1 is 1.47 bits per heavy atom. The summed E-state index contributed by atoms with van der Waals surface area (Å²) in [6, 6.07) is 5.85. The Hall–Kier alpha value is -0.650. The summed E-state index contributed by atoms with van der Waals surface area (Å²) in [6.07, 6.45) is 0. The summed E-state index contributed by atoms with van der Waals surface area (Å²) >= 11 is 10.8. The zero-order chi connectivity index (χ0) is 10.7. The molecule has 0 unspecified atom stereocenters. The Kier molecular flexibility index (Phi) is 3.56. The molecule has 0 aliphatic carbocycles. The van der Waals surface area contributed by atoms with Crippen molar-refractivity contribution in [2.45, 2.75) is 6.54 Å². The largest absolute Gasteiger partial charge is 0.356 e. The van der Waals surface area contributed by atoms with Gasteiger partial charge in [-0.05, 0) is 33.6 Å². The molecule has 0 bridgehead atoms. The molecule has 0 atom stereocenters. The van der Waals surface area contributed by atoms with E-state index in [4.69, 9.17) is 11.6 Å². The Morgan fingerprint density at radius 3 is 3.00 bits per heavy atom. The van der Waals surface area contributed by atoms with Gasteiger partial charge in [0.2, 0.25) is 5.13 Å². The molecule has 1 N–H and O–H groups in total. The number of rotatable bonds is 3. The summed E-state index contributed by atoms with van der Waals surface area (Å²) in [7, 11) is 0. The molecule has 0 spiro atoms. The van der Waals surface area contributed by atoms with E-state index in [0.717, 1.165) is 15.2 Å². The van der Waals surface area contributed by atoms with Crippen LogP contribution in [0.1, 0.15) is 5.56 Å². The maximum absolute atomic E-state index is 5.97. The number of hydrogen-bond acceptors (Lipinski definition) is 4. The van der Waals surface area contributed by atoms with Gasteiger partial charge in [0.25, 0.3) is 0 Å². The van der Waals surface area contributed by atoms with Crippen molar-refractivity contribution in [1.82, 2.24) is 10.2 Å². The van der Waals surface area contributed by atoms with Gasteiger partial charge in [0.05, 0.1) is 5.02 Å². The zero-order valence-electron chi connectivity index (χ0n) is 7.58. The number of hydrogen-bond donors (Lipinski definition) is 1. The first kappa shape index (κ1) is 10.9. The van der Waals surface area contributed by atoms with Gasteiger partial charge < -0.3 is 5.32 Å². The highest BCUT2D eigenvalue weighted by Crippen LogP contribution is 2.23. The number of halogens is 2. The van der Waals surface area contributed by atoms with E-state index in [1.807, 2.05) is 18.2 Å². The quantitative estimate of drug-likeness (QED) is 0.942. The fraction of sp³-hybridized carbons (Fsp3) is 0.111. The monoisotopic (exact) mass is 303 g/mol. The molecule has 2 aromatic rings. The van der Waals surface area contributed by atoms with Gasteiger partial charge in [-0.25, -0.2) is 0 Å². The van der Waals surface area contributed by atoms with Crippen LogP contribution in [0.5, 0.6) is 0 Å². The van der Waals surface area contributed by atoms with Crippen molar-refractivity contribution >= 4 is 44.0 Å². The molecule has 6 heteroatoms. The maximum Gasteiger partial charge on any atom is 0.205 e. The molecular weight excluding hydrogens is 298 g/mol. The van der Waals surface area contributed by atoms with Crippen LogP contribution in [0.2, 0.25) is 5.02 Å². The van der Waals surface area contributed by atoms with Crippen molar-refractivity contribution in [3.05, 3.63) is 38.8 Å². The lowest BCUT2D eigenvalue weighted by Crippen LogP contribution is -1.98. The number of anilines is 1. The first-order valence-corrected chi connectivity index (χ1v) is 6.25. The number of benzene rings is 1. The van der Waals surface area contributed by atoms with Crippen LogP contribution >= 0.6 is 38.9 Å². The van der Waals surface area contributed by atoms with Gasteiger partial charge in [-0.15, -0.1) is 10.2 Å². The van der Waals surface area contributed by atoms with Crippen molar-refractivity contribution in [1.29, 1.82) is 0 Å². The third-order valence-electron chi connectivity index (χ3n) is 1.79. The first-order valence-electron chi connectivity index (χ1n) is 4.19. The lowest BCUT2D eigenvalue weighted by Gasteiger charge is -2.03. The van der Waals surface area contributed by atoms with Crippen LogP contribution in [0.15, 0.2) is 28.2 Å². The minimum Gasteiger partial charge on any atom is -0.356 e. The van der Waals surface area contributed by atoms with E-state index in [9.17, 15) is 0 Å². The fourth-order valence-electron chi connectivity index (χ4n) is 1.08. The number of aromatic nitrogens is 2. The summed E-state index contributed by atoms with van der Waals surface area (Å²) in [5.41, 5.74) is 2.80. The number of nitrogens with one attached hydrogen (secondary N) is 1. The summed E-state index contributed by atoms with van der Waals surface area (Å²) < 4.78 is 0.906. The van der Waals surface area contributed by atoms with Crippen molar-refractivity contribution in [2.75, 3.05) is 5.32 Å². The average Bonchev–Trinajstić information content (AvgIpc) is 2.73. The first-order chi connectivity index (χ1) is 7.25.